The Morgan fingerprint density at radius 1 is 1.30 bits per heavy atom. The number of rotatable bonds is 6. The Kier molecular flexibility index (Phi) is 6.60. The van der Waals surface area contributed by atoms with Crippen LogP contribution in [0.1, 0.15) is 36.2 Å². The molecule has 0 aliphatic carbocycles. The second-order valence-corrected chi connectivity index (χ2v) is 8.50. The smallest absolute Gasteiger partial charge is 0.280 e. The van der Waals surface area contributed by atoms with E-state index < -0.39 is 32.9 Å². The molecule has 0 radical (unpaired) electrons. The number of hydrogen-bond donors (Lipinski definition) is 2. The lowest BCUT2D eigenvalue weighted by molar-refractivity contribution is 0.100. The first-order valence-corrected chi connectivity index (χ1v) is 10.2. The molecule has 23 heavy (non-hydrogen) atoms. The van der Waals surface area contributed by atoms with E-state index in [2.05, 4.69) is 4.99 Å². The highest BCUT2D eigenvalue weighted by molar-refractivity contribution is 7.94. The van der Waals surface area contributed by atoms with Gasteiger partial charge in [0.15, 0.2) is 20.7 Å². The Labute approximate surface area is 139 Å². The molecule has 1 aromatic rings. The molecule has 1 amide bonds. The van der Waals surface area contributed by atoms with Crippen LogP contribution in [0.5, 0.6) is 0 Å². The van der Waals surface area contributed by atoms with Crippen LogP contribution in [0.15, 0.2) is 26.9 Å². The maximum absolute atomic E-state index is 12.3. The summed E-state index contributed by atoms with van der Waals surface area (Å²) in [6.45, 7) is 3.66. The Bertz CT molecular complexity index is 726. The van der Waals surface area contributed by atoms with E-state index in [1.807, 2.05) is 6.92 Å². The van der Waals surface area contributed by atoms with Gasteiger partial charge in [-0.25, -0.2) is 8.42 Å². The van der Waals surface area contributed by atoms with Gasteiger partial charge in [0.05, 0.1) is 0 Å². The standard InChI is InChI=1S/C14H21N3O4S2/c1-4-6-22(19)11-7-9(5-2)10(13(18)17-14(15)16)8-12(11)23(3,20)21/h7-8H,4-6H2,1-3H3,(H4,15,16,17,18). The highest BCUT2D eigenvalue weighted by atomic mass is 32.2. The summed E-state index contributed by atoms with van der Waals surface area (Å²) in [5.41, 5.74) is 11.1. The normalized spacial score (nSPS) is 12.7. The lowest BCUT2D eigenvalue weighted by Gasteiger charge is -2.16. The third kappa shape index (κ3) is 4.95. The minimum Gasteiger partial charge on any atom is -0.611 e. The molecule has 1 atom stereocenters. The summed E-state index contributed by atoms with van der Waals surface area (Å²) in [4.78, 5) is 15.6. The van der Waals surface area contributed by atoms with Gasteiger partial charge in [-0.1, -0.05) is 13.8 Å². The molecule has 0 saturated heterocycles. The maximum atomic E-state index is 12.3. The fourth-order valence-corrected chi connectivity index (χ4v) is 4.67. The van der Waals surface area contributed by atoms with Crippen molar-refractivity contribution in [3.63, 3.8) is 0 Å². The summed E-state index contributed by atoms with van der Waals surface area (Å²) in [6, 6.07) is 2.71. The number of amides is 1. The van der Waals surface area contributed by atoms with Crippen molar-refractivity contribution in [1.29, 1.82) is 0 Å². The number of benzene rings is 1. The van der Waals surface area contributed by atoms with E-state index in [9.17, 15) is 17.8 Å². The van der Waals surface area contributed by atoms with Gasteiger partial charge in [0.25, 0.3) is 5.91 Å². The SMILES string of the molecule is CCC[S+]([O-])c1cc(CC)c(C(=O)N=C(N)N)cc1S(C)(=O)=O. The summed E-state index contributed by atoms with van der Waals surface area (Å²) in [6.07, 6.45) is 2.10. The van der Waals surface area contributed by atoms with Crippen molar-refractivity contribution in [3.8, 4) is 0 Å². The summed E-state index contributed by atoms with van der Waals surface area (Å²) in [5.74, 6) is -0.788. The Balaban J connectivity index is 3.64. The molecule has 0 aliphatic rings. The van der Waals surface area contributed by atoms with Crippen LogP contribution < -0.4 is 11.5 Å². The molecule has 1 aromatic carbocycles. The molecule has 0 bridgehead atoms. The first kappa shape index (κ1) is 19.5. The van der Waals surface area contributed by atoms with Crippen molar-refractivity contribution in [3.05, 3.63) is 23.3 Å². The van der Waals surface area contributed by atoms with E-state index in [4.69, 9.17) is 11.5 Å². The lowest BCUT2D eigenvalue weighted by atomic mass is 10.0. The second-order valence-electron chi connectivity index (χ2n) is 4.97. The van der Waals surface area contributed by atoms with Crippen LogP contribution in [0.2, 0.25) is 0 Å². The quantitative estimate of drug-likeness (QED) is 0.433. The average Bonchev–Trinajstić information content (AvgIpc) is 2.44. The summed E-state index contributed by atoms with van der Waals surface area (Å²) in [7, 11) is -3.66. The van der Waals surface area contributed by atoms with Crippen LogP contribution in [0.4, 0.5) is 0 Å². The van der Waals surface area contributed by atoms with Crippen molar-refractivity contribution in [2.75, 3.05) is 12.0 Å². The van der Waals surface area contributed by atoms with Crippen molar-refractivity contribution in [1.82, 2.24) is 0 Å². The van der Waals surface area contributed by atoms with Crippen LogP contribution >= 0.6 is 0 Å². The van der Waals surface area contributed by atoms with Gasteiger partial charge in [-0.2, -0.15) is 4.99 Å². The predicted octanol–water partition coefficient (Wildman–Crippen LogP) is 0.584. The zero-order valence-electron chi connectivity index (χ0n) is 13.3. The topological polar surface area (TPSA) is 139 Å². The molecular formula is C14H21N3O4S2. The minimum atomic E-state index is -3.66. The van der Waals surface area contributed by atoms with Crippen LogP contribution in [-0.2, 0) is 27.4 Å². The van der Waals surface area contributed by atoms with Gasteiger partial charge < -0.3 is 16.0 Å². The second kappa shape index (κ2) is 7.80. The van der Waals surface area contributed by atoms with Crippen LogP contribution in [0.3, 0.4) is 0 Å². The highest BCUT2D eigenvalue weighted by Gasteiger charge is 2.26. The number of aryl methyl sites for hydroxylation is 1. The van der Waals surface area contributed by atoms with Crippen LogP contribution in [-0.4, -0.2) is 36.8 Å². The summed E-state index contributed by atoms with van der Waals surface area (Å²) < 4.78 is 36.4. The number of aliphatic imine (C=N–C) groups is 1. The molecule has 4 N–H and O–H groups in total. The van der Waals surface area contributed by atoms with E-state index in [-0.39, 0.29) is 15.4 Å². The van der Waals surface area contributed by atoms with Gasteiger partial charge in [-0.15, -0.1) is 0 Å². The molecule has 0 aliphatic heterocycles. The predicted molar refractivity (Wildman–Crippen MR) is 90.6 cm³/mol. The van der Waals surface area contributed by atoms with Crippen LogP contribution in [0.25, 0.3) is 0 Å². The van der Waals surface area contributed by atoms with E-state index in [1.54, 1.807) is 6.92 Å². The van der Waals surface area contributed by atoms with Gasteiger partial charge in [-0.05, 0) is 41.7 Å². The Hall–Kier alpha value is -1.58. The van der Waals surface area contributed by atoms with Gasteiger partial charge in [-0.3, -0.25) is 4.79 Å². The average molecular weight is 359 g/mol. The number of carbonyl (C=O) groups is 1. The molecule has 0 fully saturated rings. The van der Waals surface area contributed by atoms with Crippen molar-refractivity contribution in [2.24, 2.45) is 16.5 Å². The Morgan fingerprint density at radius 2 is 1.91 bits per heavy atom. The molecule has 0 heterocycles. The summed E-state index contributed by atoms with van der Waals surface area (Å²) in [5, 5.41) is 0. The number of carbonyl (C=O) groups excluding carboxylic acids is 1. The number of nitrogens with two attached hydrogens (primary N) is 2. The molecule has 1 unspecified atom stereocenters. The molecule has 9 heteroatoms. The van der Waals surface area contributed by atoms with Gasteiger partial charge >= 0.3 is 0 Å². The monoisotopic (exact) mass is 359 g/mol. The van der Waals surface area contributed by atoms with Crippen molar-refractivity contribution >= 4 is 32.9 Å². The minimum absolute atomic E-state index is 0.0959. The maximum Gasteiger partial charge on any atom is 0.280 e. The zero-order chi connectivity index (χ0) is 17.8. The number of sulfone groups is 1. The number of hydrogen-bond acceptors (Lipinski definition) is 4. The molecule has 128 valence electrons. The van der Waals surface area contributed by atoms with Crippen LogP contribution in [0, 0.1) is 0 Å². The largest absolute Gasteiger partial charge is 0.611 e. The molecule has 0 saturated carbocycles. The van der Waals surface area contributed by atoms with Gasteiger partial charge in [0.2, 0.25) is 0 Å². The fourth-order valence-electron chi connectivity index (χ4n) is 2.03. The third-order valence-corrected chi connectivity index (χ3v) is 5.92. The Morgan fingerprint density at radius 3 is 2.35 bits per heavy atom. The number of nitrogens with zero attached hydrogens (tertiary/aromatic N) is 1. The zero-order valence-corrected chi connectivity index (χ0v) is 15.0. The van der Waals surface area contributed by atoms with E-state index >= 15 is 0 Å². The van der Waals surface area contributed by atoms with E-state index in [1.165, 1.54) is 12.1 Å². The molecule has 7 nitrogen and oxygen atoms in total. The molecule has 0 spiro atoms. The number of guanidine groups is 1. The molecular weight excluding hydrogens is 338 g/mol. The van der Waals surface area contributed by atoms with Crippen molar-refractivity contribution < 1.29 is 17.8 Å². The fraction of sp³-hybridized carbons (Fsp3) is 0.429. The third-order valence-electron chi connectivity index (χ3n) is 3.05. The first-order chi connectivity index (χ1) is 10.6. The first-order valence-electron chi connectivity index (χ1n) is 7.01. The highest BCUT2D eigenvalue weighted by Crippen LogP contribution is 2.27. The van der Waals surface area contributed by atoms with E-state index in [0.29, 0.717) is 24.2 Å². The molecule has 0 aromatic heterocycles. The lowest BCUT2D eigenvalue weighted by Crippen LogP contribution is -2.24. The van der Waals surface area contributed by atoms with Crippen molar-refractivity contribution in [2.45, 2.75) is 36.5 Å². The molecule has 1 rings (SSSR count). The summed E-state index contributed by atoms with van der Waals surface area (Å²) >= 11 is -1.46. The van der Waals surface area contributed by atoms with Gasteiger partial charge in [0, 0.05) is 11.8 Å². The van der Waals surface area contributed by atoms with Gasteiger partial charge in [0.1, 0.15) is 10.6 Å². The van der Waals surface area contributed by atoms with E-state index in [0.717, 1.165) is 6.26 Å².